The zero-order valence-corrected chi connectivity index (χ0v) is 13.2. The monoisotopic (exact) mass is 349 g/mol. The van der Waals surface area contributed by atoms with E-state index in [4.69, 9.17) is 4.74 Å². The van der Waals surface area contributed by atoms with Crippen LogP contribution >= 0.6 is 15.9 Å². The minimum atomic E-state index is -0.193. The summed E-state index contributed by atoms with van der Waals surface area (Å²) in [7, 11) is 0. The molecule has 0 amide bonds. The Bertz CT molecular complexity index is 602. The first kappa shape index (κ1) is 14.5. The predicted octanol–water partition coefficient (Wildman–Crippen LogP) is 4.59. The van der Waals surface area contributed by atoms with Gasteiger partial charge in [0.25, 0.3) is 0 Å². The minimum Gasteiger partial charge on any atom is -0.474 e. The van der Waals surface area contributed by atoms with E-state index in [1.807, 2.05) is 36.4 Å². The van der Waals surface area contributed by atoms with Crippen LogP contribution in [0.1, 0.15) is 18.4 Å². The van der Waals surface area contributed by atoms with Crippen LogP contribution in [-0.4, -0.2) is 17.7 Å². The van der Waals surface area contributed by atoms with E-state index < -0.39 is 0 Å². The molecule has 21 heavy (non-hydrogen) atoms. The maximum absolute atomic E-state index is 13.0. The van der Waals surface area contributed by atoms with E-state index >= 15 is 0 Å². The molecule has 0 saturated carbocycles. The van der Waals surface area contributed by atoms with Crippen molar-refractivity contribution in [2.75, 3.05) is 6.54 Å². The summed E-state index contributed by atoms with van der Waals surface area (Å²) >= 11 is 3.51. The summed E-state index contributed by atoms with van der Waals surface area (Å²) in [6.45, 7) is 1.79. The van der Waals surface area contributed by atoms with E-state index in [2.05, 4.69) is 20.8 Å². The molecule has 2 aromatic carbocycles. The van der Waals surface area contributed by atoms with E-state index in [1.54, 1.807) is 0 Å². The quantitative estimate of drug-likeness (QED) is 0.800. The second-order valence-corrected chi connectivity index (χ2v) is 6.10. The summed E-state index contributed by atoms with van der Waals surface area (Å²) in [5, 5.41) is 0. The molecule has 0 radical (unpaired) electrons. The number of rotatable bonds is 4. The van der Waals surface area contributed by atoms with Crippen LogP contribution in [0.3, 0.4) is 0 Å². The molecule has 2 aromatic rings. The predicted molar refractivity (Wildman–Crippen MR) is 84.6 cm³/mol. The van der Waals surface area contributed by atoms with Crippen LogP contribution in [0.2, 0.25) is 0 Å². The van der Waals surface area contributed by atoms with E-state index in [-0.39, 0.29) is 12.0 Å². The van der Waals surface area contributed by atoms with Crippen molar-refractivity contribution in [2.24, 2.45) is 0 Å². The Balaban J connectivity index is 1.68. The van der Waals surface area contributed by atoms with Gasteiger partial charge >= 0.3 is 0 Å². The van der Waals surface area contributed by atoms with Crippen molar-refractivity contribution in [2.45, 2.75) is 25.6 Å². The molecule has 4 heteroatoms. The topological polar surface area (TPSA) is 12.5 Å². The summed E-state index contributed by atoms with van der Waals surface area (Å²) in [5.74, 6) is 0.676. The van der Waals surface area contributed by atoms with Crippen molar-refractivity contribution in [3.8, 4) is 5.75 Å². The molecule has 110 valence electrons. The molecule has 1 aliphatic rings. The van der Waals surface area contributed by atoms with Crippen LogP contribution in [0.4, 0.5) is 4.39 Å². The van der Waals surface area contributed by atoms with Gasteiger partial charge in [0.2, 0.25) is 0 Å². The molecule has 3 rings (SSSR count). The summed E-state index contributed by atoms with van der Waals surface area (Å²) in [5.41, 5.74) is 1.11. The first-order chi connectivity index (χ1) is 10.2. The summed E-state index contributed by atoms with van der Waals surface area (Å²) < 4.78 is 20.1. The van der Waals surface area contributed by atoms with Crippen LogP contribution in [0.5, 0.6) is 5.75 Å². The standard InChI is InChI=1S/C17H17BrFNO/c18-15-4-1-2-5-16(15)21-17-6-3-11-20(17)12-13-7-9-14(19)10-8-13/h1-2,4-5,7-10,17H,3,6,11-12H2. The average molecular weight is 350 g/mol. The maximum Gasteiger partial charge on any atom is 0.153 e. The Hall–Kier alpha value is -1.39. The molecular weight excluding hydrogens is 333 g/mol. The Labute approximate surface area is 132 Å². The third-order valence-electron chi connectivity index (χ3n) is 3.70. The Morgan fingerprint density at radius 2 is 1.90 bits per heavy atom. The number of hydrogen-bond acceptors (Lipinski definition) is 2. The van der Waals surface area contributed by atoms with E-state index in [1.165, 1.54) is 12.1 Å². The van der Waals surface area contributed by atoms with E-state index in [0.29, 0.717) is 0 Å². The number of ether oxygens (including phenoxy) is 1. The highest BCUT2D eigenvalue weighted by atomic mass is 79.9. The lowest BCUT2D eigenvalue weighted by Crippen LogP contribution is -2.33. The van der Waals surface area contributed by atoms with E-state index in [0.717, 1.165) is 41.7 Å². The third-order valence-corrected chi connectivity index (χ3v) is 4.36. The van der Waals surface area contributed by atoms with Crippen LogP contribution in [-0.2, 0) is 6.54 Å². The minimum absolute atomic E-state index is 0.0775. The van der Waals surface area contributed by atoms with Gasteiger partial charge in [-0.25, -0.2) is 4.39 Å². The molecule has 0 N–H and O–H groups in total. The van der Waals surface area contributed by atoms with Crippen LogP contribution in [0.25, 0.3) is 0 Å². The summed E-state index contributed by atoms with van der Waals surface area (Å²) in [6.07, 6.45) is 2.22. The van der Waals surface area contributed by atoms with Crippen LogP contribution in [0, 0.1) is 5.82 Å². The molecule has 1 atom stereocenters. The van der Waals surface area contributed by atoms with Crippen molar-refractivity contribution in [1.82, 2.24) is 4.90 Å². The van der Waals surface area contributed by atoms with Crippen molar-refractivity contribution in [1.29, 1.82) is 0 Å². The first-order valence-corrected chi connectivity index (χ1v) is 7.91. The van der Waals surface area contributed by atoms with Crippen molar-refractivity contribution < 1.29 is 9.13 Å². The number of nitrogens with zero attached hydrogens (tertiary/aromatic N) is 1. The van der Waals surface area contributed by atoms with Gasteiger partial charge in [-0.3, -0.25) is 4.90 Å². The molecule has 1 saturated heterocycles. The third kappa shape index (κ3) is 3.63. The fourth-order valence-electron chi connectivity index (χ4n) is 2.62. The average Bonchev–Trinajstić information content (AvgIpc) is 2.91. The molecule has 1 aliphatic heterocycles. The lowest BCUT2D eigenvalue weighted by molar-refractivity contribution is 0.0543. The zero-order chi connectivity index (χ0) is 14.7. The van der Waals surface area contributed by atoms with Crippen molar-refractivity contribution in [3.05, 3.63) is 64.4 Å². The zero-order valence-electron chi connectivity index (χ0n) is 11.6. The molecular formula is C17H17BrFNO. The van der Waals surface area contributed by atoms with Crippen molar-refractivity contribution in [3.63, 3.8) is 0 Å². The smallest absolute Gasteiger partial charge is 0.153 e. The molecule has 1 unspecified atom stereocenters. The van der Waals surface area contributed by atoms with Crippen molar-refractivity contribution >= 4 is 15.9 Å². The number of para-hydroxylation sites is 1. The van der Waals surface area contributed by atoms with Gasteiger partial charge in [0.15, 0.2) is 6.23 Å². The van der Waals surface area contributed by atoms with Crippen LogP contribution < -0.4 is 4.74 Å². The van der Waals surface area contributed by atoms with Gasteiger partial charge in [0, 0.05) is 13.1 Å². The van der Waals surface area contributed by atoms with E-state index in [9.17, 15) is 4.39 Å². The molecule has 1 heterocycles. The number of benzene rings is 2. The van der Waals surface area contributed by atoms with Gasteiger partial charge in [-0.1, -0.05) is 24.3 Å². The highest BCUT2D eigenvalue weighted by Gasteiger charge is 2.26. The molecule has 2 nitrogen and oxygen atoms in total. The second-order valence-electron chi connectivity index (χ2n) is 5.24. The van der Waals surface area contributed by atoms with Gasteiger partial charge in [0.1, 0.15) is 11.6 Å². The number of halogens is 2. The SMILES string of the molecule is Fc1ccc(CN2CCCC2Oc2ccccc2Br)cc1. The molecule has 0 aromatic heterocycles. The second kappa shape index (κ2) is 6.58. The van der Waals surface area contributed by atoms with Gasteiger partial charge in [-0.2, -0.15) is 0 Å². The Morgan fingerprint density at radius 1 is 1.14 bits per heavy atom. The summed E-state index contributed by atoms with van der Waals surface area (Å²) in [4.78, 5) is 2.30. The lowest BCUT2D eigenvalue weighted by atomic mass is 10.2. The fraction of sp³-hybridized carbons (Fsp3) is 0.294. The molecule has 1 fully saturated rings. The molecule has 0 spiro atoms. The Morgan fingerprint density at radius 3 is 2.67 bits per heavy atom. The van der Waals surface area contributed by atoms with Gasteiger partial charge in [0.05, 0.1) is 4.47 Å². The Kier molecular flexibility index (Phi) is 4.56. The lowest BCUT2D eigenvalue weighted by Gasteiger charge is -2.25. The van der Waals surface area contributed by atoms with Crippen LogP contribution in [0.15, 0.2) is 53.0 Å². The number of hydrogen-bond donors (Lipinski definition) is 0. The van der Waals surface area contributed by atoms with Gasteiger partial charge in [-0.15, -0.1) is 0 Å². The van der Waals surface area contributed by atoms with Gasteiger partial charge < -0.3 is 4.74 Å². The van der Waals surface area contributed by atoms with Gasteiger partial charge in [-0.05, 0) is 58.6 Å². The fourth-order valence-corrected chi connectivity index (χ4v) is 3.00. The molecule has 0 aliphatic carbocycles. The molecule has 0 bridgehead atoms. The highest BCUT2D eigenvalue weighted by Crippen LogP contribution is 2.29. The highest BCUT2D eigenvalue weighted by molar-refractivity contribution is 9.10. The summed E-state index contributed by atoms with van der Waals surface area (Å²) in [6, 6.07) is 14.6. The first-order valence-electron chi connectivity index (χ1n) is 7.12. The number of likely N-dealkylation sites (tertiary alicyclic amines) is 1. The normalized spacial score (nSPS) is 18.9. The maximum atomic E-state index is 13.0. The largest absolute Gasteiger partial charge is 0.474 e.